The van der Waals surface area contributed by atoms with E-state index in [9.17, 15) is 14.4 Å². The monoisotopic (exact) mass is 947 g/mol. The van der Waals surface area contributed by atoms with Crippen molar-refractivity contribution in [1.82, 2.24) is 0 Å². The van der Waals surface area contributed by atoms with Crippen molar-refractivity contribution in [2.45, 2.75) is 277 Å². The van der Waals surface area contributed by atoms with Crippen molar-refractivity contribution in [1.29, 1.82) is 0 Å². The lowest BCUT2D eigenvalue weighted by Crippen LogP contribution is -2.30. The molecule has 0 aromatic carbocycles. The molecule has 0 aliphatic rings. The Labute approximate surface area is 420 Å². The molecule has 390 valence electrons. The topological polar surface area (TPSA) is 78.9 Å². The lowest BCUT2D eigenvalue weighted by molar-refractivity contribution is -0.167. The molecule has 0 bridgehead atoms. The zero-order valence-electron chi connectivity index (χ0n) is 44.6. The summed E-state index contributed by atoms with van der Waals surface area (Å²) in [5.41, 5.74) is 0. The lowest BCUT2D eigenvalue weighted by atomic mass is 10.0. The lowest BCUT2D eigenvalue weighted by Gasteiger charge is -2.18. The first kappa shape index (κ1) is 64.6. The minimum atomic E-state index is -0.787. The molecule has 0 aromatic rings. The zero-order valence-corrected chi connectivity index (χ0v) is 44.6. The molecule has 0 aliphatic heterocycles. The van der Waals surface area contributed by atoms with Crippen LogP contribution in [0.5, 0.6) is 0 Å². The highest BCUT2D eigenvalue weighted by molar-refractivity contribution is 5.71. The van der Waals surface area contributed by atoms with Gasteiger partial charge in [-0.1, -0.05) is 247 Å². The van der Waals surface area contributed by atoms with Crippen LogP contribution in [0.2, 0.25) is 0 Å². The fourth-order valence-electron chi connectivity index (χ4n) is 7.92. The van der Waals surface area contributed by atoms with Gasteiger partial charge in [-0.15, -0.1) is 0 Å². The average Bonchev–Trinajstić information content (AvgIpc) is 3.34. The summed E-state index contributed by atoms with van der Waals surface area (Å²) in [6.07, 6.45) is 73.2. The molecule has 6 heteroatoms. The largest absolute Gasteiger partial charge is 0.462 e. The van der Waals surface area contributed by atoms with Crippen LogP contribution in [0.1, 0.15) is 271 Å². The molecule has 0 aliphatic carbocycles. The van der Waals surface area contributed by atoms with E-state index in [0.717, 1.165) is 109 Å². The Morgan fingerprint density at radius 1 is 0.309 bits per heavy atom. The molecule has 0 fully saturated rings. The second-order valence-corrected chi connectivity index (χ2v) is 18.8. The van der Waals surface area contributed by atoms with Gasteiger partial charge in [0.1, 0.15) is 13.2 Å². The van der Waals surface area contributed by atoms with Crippen LogP contribution in [0.15, 0.2) is 85.1 Å². The third kappa shape index (κ3) is 53.5. The maximum Gasteiger partial charge on any atom is 0.306 e. The number of rotatable bonds is 51. The Hall–Kier alpha value is -3.41. The highest BCUT2D eigenvalue weighted by Gasteiger charge is 2.19. The van der Waals surface area contributed by atoms with Crippen LogP contribution in [0, 0.1) is 0 Å². The molecule has 0 spiro atoms. The quantitative estimate of drug-likeness (QED) is 0.0262. The molecule has 0 radical (unpaired) electrons. The number of allylic oxidation sites excluding steroid dienone is 14. The number of hydrogen-bond acceptors (Lipinski definition) is 6. The highest BCUT2D eigenvalue weighted by Crippen LogP contribution is 2.16. The number of ether oxygens (including phenoxy) is 3. The molecule has 0 saturated carbocycles. The second-order valence-electron chi connectivity index (χ2n) is 18.8. The molecule has 0 heterocycles. The van der Waals surface area contributed by atoms with E-state index in [1.165, 1.54) is 122 Å². The molecule has 68 heavy (non-hydrogen) atoms. The van der Waals surface area contributed by atoms with Gasteiger partial charge in [0.2, 0.25) is 0 Å². The summed E-state index contributed by atoms with van der Waals surface area (Å²) < 4.78 is 16.7. The first-order chi connectivity index (χ1) is 33.5. The van der Waals surface area contributed by atoms with Gasteiger partial charge in [0.05, 0.1) is 0 Å². The van der Waals surface area contributed by atoms with Crippen molar-refractivity contribution < 1.29 is 28.6 Å². The third-order valence-corrected chi connectivity index (χ3v) is 12.1. The molecule has 0 amide bonds. The van der Waals surface area contributed by atoms with Gasteiger partial charge in [0.25, 0.3) is 0 Å². The normalized spacial score (nSPS) is 12.7. The van der Waals surface area contributed by atoms with Crippen LogP contribution in [0.3, 0.4) is 0 Å². The second kappa shape index (κ2) is 56.2. The van der Waals surface area contributed by atoms with Crippen LogP contribution in [0.25, 0.3) is 0 Å². The summed E-state index contributed by atoms with van der Waals surface area (Å²) in [5, 5.41) is 0. The minimum absolute atomic E-state index is 0.0857. The third-order valence-electron chi connectivity index (χ3n) is 12.1. The van der Waals surface area contributed by atoms with E-state index in [0.29, 0.717) is 19.3 Å². The number of esters is 3. The van der Waals surface area contributed by atoms with Crippen molar-refractivity contribution in [3.8, 4) is 0 Å². The fraction of sp³-hybridized carbons (Fsp3) is 0.726. The van der Waals surface area contributed by atoms with E-state index in [-0.39, 0.29) is 31.1 Å². The molecule has 0 aromatic heterocycles. The predicted molar refractivity (Wildman–Crippen MR) is 293 cm³/mol. The Morgan fingerprint density at radius 2 is 0.574 bits per heavy atom. The van der Waals surface area contributed by atoms with Crippen molar-refractivity contribution in [3.05, 3.63) is 85.1 Å². The number of hydrogen-bond donors (Lipinski definition) is 0. The van der Waals surface area contributed by atoms with Gasteiger partial charge in [0, 0.05) is 19.3 Å². The molecule has 6 nitrogen and oxygen atoms in total. The molecule has 0 saturated heterocycles. The molecule has 0 N–H and O–H groups in total. The van der Waals surface area contributed by atoms with Crippen molar-refractivity contribution in [2.24, 2.45) is 0 Å². The average molecular weight is 948 g/mol. The summed E-state index contributed by atoms with van der Waals surface area (Å²) in [6.45, 7) is 6.37. The molecule has 1 unspecified atom stereocenters. The van der Waals surface area contributed by atoms with Crippen molar-refractivity contribution in [2.75, 3.05) is 13.2 Å². The molecular weight excluding hydrogens is 841 g/mol. The molecule has 1 atom stereocenters. The van der Waals surface area contributed by atoms with E-state index in [2.05, 4.69) is 106 Å². The van der Waals surface area contributed by atoms with Gasteiger partial charge >= 0.3 is 17.9 Å². The van der Waals surface area contributed by atoms with Gasteiger partial charge in [-0.05, 0) is 89.9 Å². The van der Waals surface area contributed by atoms with Crippen molar-refractivity contribution in [3.63, 3.8) is 0 Å². The summed E-state index contributed by atoms with van der Waals surface area (Å²) in [6, 6.07) is 0. The maximum atomic E-state index is 12.8. The summed E-state index contributed by atoms with van der Waals surface area (Å²) in [5.74, 6) is -0.915. The Morgan fingerprint density at radius 3 is 0.912 bits per heavy atom. The zero-order chi connectivity index (χ0) is 49.3. The van der Waals surface area contributed by atoms with Crippen LogP contribution < -0.4 is 0 Å². The Bertz CT molecular complexity index is 1320. The van der Waals surface area contributed by atoms with Crippen LogP contribution >= 0.6 is 0 Å². The van der Waals surface area contributed by atoms with Gasteiger partial charge in [-0.25, -0.2) is 0 Å². The van der Waals surface area contributed by atoms with E-state index < -0.39 is 6.10 Å². The fourth-order valence-corrected chi connectivity index (χ4v) is 7.92. The SMILES string of the molecule is CC/C=C\C/C=C\C/C=C\C/C=C\CCCCCCCCCCCCCCCCCCC(=O)OCC(COC(=O)CCCCCCCCCC)OC(=O)CCCCC/C=C\C/C=C\C/C=C\CC. The summed E-state index contributed by atoms with van der Waals surface area (Å²) in [7, 11) is 0. The first-order valence-electron chi connectivity index (χ1n) is 28.6. The van der Waals surface area contributed by atoms with E-state index in [1.54, 1.807) is 0 Å². The molecular formula is C62H106O6. The van der Waals surface area contributed by atoms with E-state index in [4.69, 9.17) is 14.2 Å². The van der Waals surface area contributed by atoms with Crippen LogP contribution in [-0.4, -0.2) is 37.2 Å². The first-order valence-corrected chi connectivity index (χ1v) is 28.6. The maximum absolute atomic E-state index is 12.8. The van der Waals surface area contributed by atoms with Gasteiger partial charge < -0.3 is 14.2 Å². The Kier molecular flexibility index (Phi) is 53.4. The van der Waals surface area contributed by atoms with E-state index in [1.807, 2.05) is 0 Å². The number of unbranched alkanes of at least 4 members (excludes halogenated alkanes) is 26. The van der Waals surface area contributed by atoms with Gasteiger partial charge in [0.15, 0.2) is 6.10 Å². The standard InChI is InChI=1S/C62H106O6/c1-4-7-10-13-16-19-21-23-24-25-26-27-28-29-30-31-32-33-34-35-36-37-38-40-41-43-46-49-52-55-61(64)67-58-59(57-66-60(63)54-51-48-45-18-15-12-9-6-3)68-62(65)56-53-50-47-44-42-39-22-20-17-14-11-8-5-2/h7-8,10-11,16-17,19-20,23-24,26-27,39,42,59H,4-6,9,12-15,18,21-22,25,28-38,40-41,43-58H2,1-3H3/b10-7-,11-8-,19-16-,20-17-,24-23-,27-26-,42-39-. The highest BCUT2D eigenvalue weighted by atomic mass is 16.6. The summed E-state index contributed by atoms with van der Waals surface area (Å²) in [4.78, 5) is 37.9. The van der Waals surface area contributed by atoms with Crippen LogP contribution in [0.4, 0.5) is 0 Å². The predicted octanol–water partition coefficient (Wildman–Crippen LogP) is 19.2. The minimum Gasteiger partial charge on any atom is -0.462 e. The van der Waals surface area contributed by atoms with Crippen LogP contribution in [-0.2, 0) is 28.6 Å². The molecule has 0 rings (SSSR count). The van der Waals surface area contributed by atoms with Gasteiger partial charge in [-0.2, -0.15) is 0 Å². The van der Waals surface area contributed by atoms with Crippen molar-refractivity contribution >= 4 is 17.9 Å². The Balaban J connectivity index is 4.10. The smallest absolute Gasteiger partial charge is 0.306 e. The number of carbonyl (C=O) groups is 3. The van der Waals surface area contributed by atoms with Gasteiger partial charge in [-0.3, -0.25) is 14.4 Å². The summed E-state index contributed by atoms with van der Waals surface area (Å²) >= 11 is 0. The van der Waals surface area contributed by atoms with E-state index >= 15 is 0 Å². The number of carbonyl (C=O) groups excluding carboxylic acids is 3.